The largest absolute Gasteiger partial charge is 0.309 e. The lowest BCUT2D eigenvalue weighted by atomic mass is 10.0. The zero-order valence-corrected chi connectivity index (χ0v) is 31.2. The first-order valence-electron chi connectivity index (χ1n) is 19.3. The molecular formula is C52H35N5. The number of fused-ring (bicyclic) bond motifs is 7. The van der Waals surface area contributed by atoms with Gasteiger partial charge in [0.25, 0.3) is 0 Å². The van der Waals surface area contributed by atoms with E-state index in [1.165, 1.54) is 43.6 Å². The van der Waals surface area contributed by atoms with E-state index in [-0.39, 0.29) is 0 Å². The lowest BCUT2D eigenvalue weighted by molar-refractivity contribution is 1.07. The summed E-state index contributed by atoms with van der Waals surface area (Å²) in [4.78, 5) is 14.8. The van der Waals surface area contributed by atoms with Gasteiger partial charge in [0.2, 0.25) is 0 Å². The van der Waals surface area contributed by atoms with E-state index in [2.05, 4.69) is 174 Å². The fourth-order valence-corrected chi connectivity index (χ4v) is 8.42. The third kappa shape index (κ3) is 5.51. The van der Waals surface area contributed by atoms with Crippen LogP contribution in [0.15, 0.2) is 194 Å². The van der Waals surface area contributed by atoms with E-state index in [9.17, 15) is 0 Å². The van der Waals surface area contributed by atoms with Crippen molar-refractivity contribution in [2.45, 2.75) is 6.92 Å². The number of rotatable bonds is 6. The molecule has 0 saturated heterocycles. The van der Waals surface area contributed by atoms with Crippen molar-refractivity contribution >= 4 is 43.6 Å². The second kappa shape index (κ2) is 13.3. The van der Waals surface area contributed by atoms with Crippen molar-refractivity contribution in [1.29, 1.82) is 0 Å². The van der Waals surface area contributed by atoms with Crippen LogP contribution in [0.25, 0.3) is 100 Å². The summed E-state index contributed by atoms with van der Waals surface area (Å²) in [5.41, 5.74) is 13.3. The van der Waals surface area contributed by atoms with Crippen LogP contribution >= 0.6 is 0 Å². The van der Waals surface area contributed by atoms with Gasteiger partial charge in [-0.2, -0.15) is 0 Å². The van der Waals surface area contributed by atoms with Gasteiger partial charge in [-0.1, -0.05) is 145 Å². The summed E-state index contributed by atoms with van der Waals surface area (Å²) in [6, 6.07) is 68.6. The predicted octanol–water partition coefficient (Wildman–Crippen LogP) is 13.0. The molecule has 0 aliphatic rings. The van der Waals surface area contributed by atoms with Gasteiger partial charge in [0.15, 0.2) is 17.5 Å². The summed E-state index contributed by atoms with van der Waals surface area (Å²) in [5, 5.41) is 5.02. The van der Waals surface area contributed by atoms with Crippen molar-refractivity contribution in [1.82, 2.24) is 24.1 Å². The minimum Gasteiger partial charge on any atom is -0.309 e. The zero-order valence-electron chi connectivity index (χ0n) is 31.2. The van der Waals surface area contributed by atoms with Gasteiger partial charge in [-0.05, 0) is 72.6 Å². The van der Waals surface area contributed by atoms with E-state index in [0.29, 0.717) is 17.5 Å². The molecule has 268 valence electrons. The van der Waals surface area contributed by atoms with Crippen molar-refractivity contribution in [2.24, 2.45) is 0 Å². The quantitative estimate of drug-likeness (QED) is 0.171. The zero-order chi connectivity index (χ0) is 37.9. The van der Waals surface area contributed by atoms with Gasteiger partial charge in [-0.25, -0.2) is 15.0 Å². The molecule has 8 aromatic carbocycles. The Kier molecular flexibility index (Phi) is 7.64. The van der Waals surface area contributed by atoms with Gasteiger partial charge in [-0.3, -0.25) is 0 Å². The highest BCUT2D eigenvalue weighted by Gasteiger charge is 2.20. The average molecular weight is 730 g/mol. The first kappa shape index (κ1) is 32.8. The van der Waals surface area contributed by atoms with Gasteiger partial charge < -0.3 is 9.13 Å². The predicted molar refractivity (Wildman–Crippen MR) is 235 cm³/mol. The van der Waals surface area contributed by atoms with Gasteiger partial charge in [-0.15, -0.1) is 0 Å². The van der Waals surface area contributed by atoms with Crippen LogP contribution in [0.1, 0.15) is 5.56 Å². The summed E-state index contributed by atoms with van der Waals surface area (Å²) < 4.78 is 4.81. The Morgan fingerprint density at radius 2 is 0.772 bits per heavy atom. The van der Waals surface area contributed by atoms with Crippen LogP contribution < -0.4 is 0 Å². The van der Waals surface area contributed by atoms with E-state index in [4.69, 9.17) is 15.0 Å². The van der Waals surface area contributed by atoms with Gasteiger partial charge in [0.05, 0.1) is 22.1 Å². The molecule has 3 heterocycles. The second-order valence-corrected chi connectivity index (χ2v) is 14.6. The highest BCUT2D eigenvalue weighted by molar-refractivity contribution is 6.28. The molecule has 57 heavy (non-hydrogen) atoms. The number of benzene rings is 8. The Balaban J connectivity index is 1.03. The van der Waals surface area contributed by atoms with Gasteiger partial charge in [0, 0.05) is 49.6 Å². The minimum absolute atomic E-state index is 0.644. The molecule has 0 unspecified atom stereocenters. The van der Waals surface area contributed by atoms with E-state index < -0.39 is 0 Å². The highest BCUT2D eigenvalue weighted by atomic mass is 15.0. The Labute approximate surface area is 329 Å². The summed E-state index contributed by atoms with van der Waals surface area (Å²) in [6.45, 7) is 2.09. The summed E-state index contributed by atoms with van der Waals surface area (Å²) in [5.74, 6) is 1.96. The third-order valence-electron chi connectivity index (χ3n) is 11.0. The molecule has 11 rings (SSSR count). The average Bonchev–Trinajstić information content (AvgIpc) is 3.80. The van der Waals surface area contributed by atoms with Gasteiger partial charge in [0.1, 0.15) is 0 Å². The molecule has 0 saturated carbocycles. The van der Waals surface area contributed by atoms with Crippen LogP contribution in [-0.4, -0.2) is 24.1 Å². The van der Waals surface area contributed by atoms with Crippen molar-refractivity contribution in [2.75, 3.05) is 0 Å². The smallest absolute Gasteiger partial charge is 0.164 e. The van der Waals surface area contributed by atoms with Crippen LogP contribution in [0.4, 0.5) is 0 Å². The molecule has 0 atom stereocenters. The second-order valence-electron chi connectivity index (χ2n) is 14.6. The lowest BCUT2D eigenvalue weighted by Crippen LogP contribution is -2.00. The Morgan fingerprint density at radius 3 is 1.40 bits per heavy atom. The fraction of sp³-hybridized carbons (Fsp3) is 0.0192. The first-order valence-corrected chi connectivity index (χ1v) is 19.3. The minimum atomic E-state index is 0.644. The van der Waals surface area contributed by atoms with E-state index >= 15 is 0 Å². The Hall–Kier alpha value is -7.63. The molecule has 11 aromatic rings. The number of hydrogen-bond acceptors (Lipinski definition) is 3. The van der Waals surface area contributed by atoms with Crippen LogP contribution in [-0.2, 0) is 0 Å². The van der Waals surface area contributed by atoms with Gasteiger partial charge >= 0.3 is 0 Å². The normalized spacial score (nSPS) is 11.6. The molecule has 0 aliphatic heterocycles. The highest BCUT2D eigenvalue weighted by Crippen LogP contribution is 2.42. The Bertz CT molecular complexity index is 3290. The molecule has 0 amide bonds. The van der Waals surface area contributed by atoms with Crippen molar-refractivity contribution < 1.29 is 0 Å². The number of nitrogens with zero attached hydrogens (tertiary/aromatic N) is 5. The molecule has 0 radical (unpaired) electrons. The van der Waals surface area contributed by atoms with Crippen molar-refractivity contribution in [3.05, 3.63) is 200 Å². The molecule has 0 fully saturated rings. The van der Waals surface area contributed by atoms with Crippen LogP contribution in [0.5, 0.6) is 0 Å². The monoisotopic (exact) mass is 729 g/mol. The van der Waals surface area contributed by atoms with Crippen molar-refractivity contribution in [3.63, 3.8) is 0 Å². The maximum Gasteiger partial charge on any atom is 0.164 e. The fourth-order valence-electron chi connectivity index (χ4n) is 8.42. The van der Waals surface area contributed by atoms with Crippen LogP contribution in [0.2, 0.25) is 0 Å². The molecule has 0 N–H and O–H groups in total. The van der Waals surface area contributed by atoms with Crippen molar-refractivity contribution in [3.8, 4) is 56.7 Å². The number of hydrogen-bond donors (Lipinski definition) is 0. The van der Waals surface area contributed by atoms with E-state index in [0.717, 1.165) is 44.8 Å². The SMILES string of the molecule is Cc1cccc(-c2nc(-c3ccccc3)nc(-c3ccc(-c4cccc(-n5c6ccccc6c6c7c8ccccc8n(-c8ccccc8)c7ccc65)c4)cc3)n2)c1. The van der Waals surface area contributed by atoms with Crippen LogP contribution in [0.3, 0.4) is 0 Å². The number of aromatic nitrogens is 5. The molecule has 0 bridgehead atoms. The summed E-state index contributed by atoms with van der Waals surface area (Å²) in [6.07, 6.45) is 0. The number of para-hydroxylation sites is 3. The third-order valence-corrected chi connectivity index (χ3v) is 11.0. The maximum absolute atomic E-state index is 4.98. The Morgan fingerprint density at radius 1 is 0.316 bits per heavy atom. The summed E-state index contributed by atoms with van der Waals surface area (Å²) >= 11 is 0. The van der Waals surface area contributed by atoms with E-state index in [1.807, 2.05) is 36.4 Å². The molecule has 0 aliphatic carbocycles. The summed E-state index contributed by atoms with van der Waals surface area (Å²) in [7, 11) is 0. The molecule has 5 nitrogen and oxygen atoms in total. The topological polar surface area (TPSA) is 48.5 Å². The molecule has 3 aromatic heterocycles. The standard InChI is InChI=1S/C52H35N5/c1-34-14-12-18-39(32-34)52-54-50(36-15-4-2-5-16-36)53-51(55-52)37-28-26-35(27-29-37)38-17-13-21-41(33-38)57-45-25-11-9-23-43(45)49-47(57)31-30-46-48(49)42-22-8-10-24-44(42)56(46)40-19-6-3-7-20-40/h2-33H,1H3. The van der Waals surface area contributed by atoms with E-state index in [1.54, 1.807) is 0 Å². The van der Waals surface area contributed by atoms with Crippen LogP contribution in [0, 0.1) is 6.92 Å². The molecule has 0 spiro atoms. The molecule has 5 heteroatoms. The maximum atomic E-state index is 4.98. The number of aryl methyl sites for hydroxylation is 1. The molecular weight excluding hydrogens is 695 g/mol. The first-order chi connectivity index (χ1) is 28.2. The lowest BCUT2D eigenvalue weighted by Gasteiger charge is -2.12.